The van der Waals surface area contributed by atoms with Gasteiger partial charge in [-0.25, -0.2) is 0 Å². The number of hydrogen-bond acceptors (Lipinski definition) is 2. The molecule has 0 aliphatic heterocycles. The van der Waals surface area contributed by atoms with E-state index in [0.717, 1.165) is 18.5 Å². The maximum absolute atomic E-state index is 8.51. The molecule has 0 bridgehead atoms. The van der Waals surface area contributed by atoms with Crippen molar-refractivity contribution in [2.75, 3.05) is 6.61 Å². The van der Waals surface area contributed by atoms with Gasteiger partial charge in [0.05, 0.1) is 18.4 Å². The highest BCUT2D eigenvalue weighted by Gasteiger charge is 1.92. The maximum atomic E-state index is 8.51. The summed E-state index contributed by atoms with van der Waals surface area (Å²) < 4.78 is 1.88. The van der Waals surface area contributed by atoms with Crippen molar-refractivity contribution in [2.45, 2.75) is 26.3 Å². The van der Waals surface area contributed by atoms with Gasteiger partial charge in [-0.2, -0.15) is 5.10 Å². The van der Waals surface area contributed by atoms with E-state index in [0.29, 0.717) is 6.42 Å². The number of aliphatic hydroxyl groups excluding tert-OH is 1. The molecule has 0 spiro atoms. The summed E-state index contributed by atoms with van der Waals surface area (Å²) in [6, 6.07) is 0. The third kappa shape index (κ3) is 3.30. The molecule has 1 heterocycles. The summed E-state index contributed by atoms with van der Waals surface area (Å²) in [6.45, 7) is 3.16. The van der Waals surface area contributed by atoms with Crippen LogP contribution in [0.2, 0.25) is 0 Å². The quantitative estimate of drug-likeness (QED) is 0.702. The van der Waals surface area contributed by atoms with Crippen LogP contribution in [0.5, 0.6) is 0 Å². The lowest BCUT2D eigenvalue weighted by Crippen LogP contribution is -1.95. The average Bonchev–Trinajstić information content (AvgIpc) is 2.54. The van der Waals surface area contributed by atoms with Crippen LogP contribution in [0.3, 0.4) is 0 Å². The molecule has 0 saturated carbocycles. The molecule has 3 heteroatoms. The fourth-order valence-corrected chi connectivity index (χ4v) is 1.000. The molecule has 0 saturated heterocycles. The van der Waals surface area contributed by atoms with Crippen molar-refractivity contribution in [1.82, 2.24) is 9.78 Å². The highest BCUT2D eigenvalue weighted by Crippen LogP contribution is 1.96. The Kier molecular flexibility index (Phi) is 4.07. The van der Waals surface area contributed by atoms with E-state index in [-0.39, 0.29) is 6.61 Å². The molecule has 0 aliphatic carbocycles. The Bertz CT molecular complexity index is 306. The van der Waals surface area contributed by atoms with Crippen molar-refractivity contribution in [3.63, 3.8) is 0 Å². The molecule has 0 radical (unpaired) electrons. The van der Waals surface area contributed by atoms with Crippen LogP contribution in [-0.2, 0) is 6.54 Å². The van der Waals surface area contributed by atoms with Gasteiger partial charge in [-0.1, -0.05) is 18.8 Å². The van der Waals surface area contributed by atoms with Gasteiger partial charge in [0.15, 0.2) is 0 Å². The summed E-state index contributed by atoms with van der Waals surface area (Å²) in [5, 5.41) is 12.6. The van der Waals surface area contributed by atoms with Crippen molar-refractivity contribution < 1.29 is 5.11 Å². The van der Waals surface area contributed by atoms with E-state index in [1.807, 2.05) is 10.9 Å². The minimum Gasteiger partial charge on any atom is -0.395 e. The summed E-state index contributed by atoms with van der Waals surface area (Å²) in [6.07, 6.45) is 5.28. The molecule has 0 unspecified atom stereocenters. The van der Waals surface area contributed by atoms with Gasteiger partial charge in [0.25, 0.3) is 0 Å². The van der Waals surface area contributed by atoms with Crippen LogP contribution in [-0.4, -0.2) is 21.5 Å². The van der Waals surface area contributed by atoms with Crippen LogP contribution < -0.4 is 0 Å². The van der Waals surface area contributed by atoms with Gasteiger partial charge in [-0.15, -0.1) is 0 Å². The zero-order chi connectivity index (χ0) is 9.52. The zero-order valence-electron chi connectivity index (χ0n) is 7.82. The number of hydrogen-bond donors (Lipinski definition) is 1. The van der Waals surface area contributed by atoms with Gasteiger partial charge in [0.2, 0.25) is 0 Å². The van der Waals surface area contributed by atoms with Crippen molar-refractivity contribution in [3.05, 3.63) is 18.0 Å². The fraction of sp³-hybridized carbons (Fsp3) is 0.500. The van der Waals surface area contributed by atoms with Gasteiger partial charge < -0.3 is 5.11 Å². The summed E-state index contributed by atoms with van der Waals surface area (Å²) in [5.41, 5.74) is 0.918. The number of rotatable bonds is 3. The van der Waals surface area contributed by atoms with Crippen molar-refractivity contribution >= 4 is 0 Å². The fourth-order valence-electron chi connectivity index (χ4n) is 1.000. The molecular formula is C10H14N2O. The van der Waals surface area contributed by atoms with Crippen LogP contribution in [0.25, 0.3) is 0 Å². The van der Waals surface area contributed by atoms with E-state index in [9.17, 15) is 0 Å². The maximum Gasteiger partial charge on any atom is 0.0646 e. The zero-order valence-corrected chi connectivity index (χ0v) is 7.82. The molecule has 0 aliphatic rings. The number of nitrogens with zero attached hydrogens (tertiary/aromatic N) is 2. The molecule has 1 aromatic rings. The van der Waals surface area contributed by atoms with Crippen LogP contribution in [0.15, 0.2) is 12.4 Å². The highest BCUT2D eigenvalue weighted by atomic mass is 16.2. The first-order chi connectivity index (χ1) is 6.36. The molecule has 70 valence electrons. The first kappa shape index (κ1) is 9.82. The molecule has 13 heavy (non-hydrogen) atoms. The van der Waals surface area contributed by atoms with E-state index in [4.69, 9.17) is 5.11 Å². The smallest absolute Gasteiger partial charge is 0.0646 e. The SMILES string of the molecule is CCCn1cc(C#CCCO)cn1. The largest absolute Gasteiger partial charge is 0.395 e. The van der Waals surface area contributed by atoms with Gasteiger partial charge in [-0.3, -0.25) is 4.68 Å². The molecule has 0 fully saturated rings. The van der Waals surface area contributed by atoms with E-state index < -0.39 is 0 Å². The Morgan fingerprint density at radius 2 is 2.46 bits per heavy atom. The summed E-state index contributed by atoms with van der Waals surface area (Å²) in [5.74, 6) is 5.78. The standard InChI is InChI=1S/C10H14N2O/c1-2-6-12-9-10(8-11-12)5-3-4-7-13/h8-9,13H,2,4,6-7H2,1H3. The molecule has 1 N–H and O–H groups in total. The third-order valence-electron chi connectivity index (χ3n) is 1.56. The second-order valence-electron chi connectivity index (χ2n) is 2.77. The Hall–Kier alpha value is -1.27. The summed E-state index contributed by atoms with van der Waals surface area (Å²) in [4.78, 5) is 0. The number of aryl methyl sites for hydroxylation is 1. The normalized spacial score (nSPS) is 9.38. The van der Waals surface area contributed by atoms with Gasteiger partial charge in [0, 0.05) is 19.2 Å². The third-order valence-corrected chi connectivity index (χ3v) is 1.56. The highest BCUT2D eigenvalue weighted by molar-refractivity contribution is 5.29. The predicted octanol–water partition coefficient (Wildman–Crippen LogP) is 1.03. The summed E-state index contributed by atoms with van der Waals surface area (Å²) >= 11 is 0. The second kappa shape index (κ2) is 5.39. The Labute approximate surface area is 78.4 Å². The first-order valence-corrected chi connectivity index (χ1v) is 4.49. The van der Waals surface area contributed by atoms with Crippen molar-refractivity contribution in [1.29, 1.82) is 0 Å². The molecule has 0 atom stereocenters. The van der Waals surface area contributed by atoms with Crippen LogP contribution >= 0.6 is 0 Å². The second-order valence-corrected chi connectivity index (χ2v) is 2.77. The monoisotopic (exact) mass is 178 g/mol. The molecule has 3 nitrogen and oxygen atoms in total. The van der Waals surface area contributed by atoms with Gasteiger partial charge >= 0.3 is 0 Å². The predicted molar refractivity (Wildman–Crippen MR) is 51.1 cm³/mol. The van der Waals surface area contributed by atoms with E-state index in [1.165, 1.54) is 0 Å². The van der Waals surface area contributed by atoms with Crippen LogP contribution in [0, 0.1) is 11.8 Å². The van der Waals surface area contributed by atoms with E-state index in [2.05, 4.69) is 23.9 Å². The molecule has 1 rings (SSSR count). The summed E-state index contributed by atoms with van der Waals surface area (Å²) in [7, 11) is 0. The molecule has 1 aromatic heterocycles. The van der Waals surface area contributed by atoms with Crippen molar-refractivity contribution in [2.24, 2.45) is 0 Å². The van der Waals surface area contributed by atoms with Gasteiger partial charge in [0.1, 0.15) is 0 Å². The molecule has 0 aromatic carbocycles. The Balaban J connectivity index is 2.54. The lowest BCUT2D eigenvalue weighted by Gasteiger charge is -1.93. The minimum atomic E-state index is 0.121. The van der Waals surface area contributed by atoms with Crippen LogP contribution in [0.4, 0.5) is 0 Å². The molecule has 0 amide bonds. The van der Waals surface area contributed by atoms with E-state index >= 15 is 0 Å². The van der Waals surface area contributed by atoms with E-state index in [1.54, 1.807) is 6.20 Å². The van der Waals surface area contributed by atoms with Crippen LogP contribution in [0.1, 0.15) is 25.3 Å². The minimum absolute atomic E-state index is 0.121. The average molecular weight is 178 g/mol. The lowest BCUT2D eigenvalue weighted by atomic mass is 10.3. The Morgan fingerprint density at radius 1 is 1.62 bits per heavy atom. The van der Waals surface area contributed by atoms with Gasteiger partial charge in [-0.05, 0) is 6.42 Å². The first-order valence-electron chi connectivity index (χ1n) is 4.49. The number of aliphatic hydroxyl groups is 1. The topological polar surface area (TPSA) is 38.0 Å². The molecular weight excluding hydrogens is 164 g/mol. The van der Waals surface area contributed by atoms with Crippen molar-refractivity contribution in [3.8, 4) is 11.8 Å². The Morgan fingerprint density at radius 3 is 3.15 bits per heavy atom. The number of aromatic nitrogens is 2. The lowest BCUT2D eigenvalue weighted by molar-refractivity contribution is 0.305.